The summed E-state index contributed by atoms with van der Waals surface area (Å²) in [4.78, 5) is 0. The van der Waals surface area contributed by atoms with E-state index in [2.05, 4.69) is 0 Å². The molecular formula is C25H23ClN2O5. The van der Waals surface area contributed by atoms with Gasteiger partial charge in [-0.25, -0.2) is 5.01 Å². The molecule has 0 radical (unpaired) electrons. The van der Waals surface area contributed by atoms with Gasteiger partial charge in [0.1, 0.15) is 11.5 Å². The first kappa shape index (κ1) is 21.3. The number of halogens is 1. The molecule has 0 fully saturated rings. The van der Waals surface area contributed by atoms with E-state index in [9.17, 15) is 5.11 Å². The summed E-state index contributed by atoms with van der Waals surface area (Å²) in [5.41, 5.74) is 3.17. The average Bonchev–Trinajstić information content (AvgIpc) is 3.29. The minimum Gasteiger partial charge on any atom is -0.507 e. The Morgan fingerprint density at radius 2 is 1.73 bits per heavy atom. The topological polar surface area (TPSA) is 72.8 Å². The van der Waals surface area contributed by atoms with Gasteiger partial charge in [0.15, 0.2) is 11.5 Å². The summed E-state index contributed by atoms with van der Waals surface area (Å²) in [5.74, 6) is 2.48. The predicted octanol–water partition coefficient (Wildman–Crippen LogP) is 5.31. The van der Waals surface area contributed by atoms with Gasteiger partial charge < -0.3 is 24.1 Å². The first-order chi connectivity index (χ1) is 16.0. The maximum Gasteiger partial charge on any atom is 0.214 e. The summed E-state index contributed by atoms with van der Waals surface area (Å²) < 4.78 is 23.0. The molecule has 0 spiro atoms. The number of rotatable bonds is 5. The maximum atomic E-state index is 10.5. The Hall–Kier alpha value is -3.58. The molecule has 0 saturated heterocycles. The third-order valence-electron chi connectivity index (χ3n) is 5.94. The second kappa shape index (κ2) is 8.41. The lowest BCUT2D eigenvalue weighted by atomic mass is 9.95. The van der Waals surface area contributed by atoms with Crippen LogP contribution >= 0.6 is 11.6 Å². The number of methoxy groups -OCH3 is 3. The van der Waals surface area contributed by atoms with Crippen molar-refractivity contribution in [1.82, 2.24) is 5.01 Å². The molecule has 0 saturated carbocycles. The molecule has 0 aliphatic carbocycles. The van der Waals surface area contributed by atoms with E-state index in [0.717, 1.165) is 22.6 Å². The molecule has 0 aromatic heterocycles. The smallest absolute Gasteiger partial charge is 0.214 e. The van der Waals surface area contributed by atoms with Gasteiger partial charge >= 0.3 is 0 Å². The van der Waals surface area contributed by atoms with Gasteiger partial charge in [-0.3, -0.25) is 0 Å². The number of nitrogens with zero attached hydrogens (tertiary/aromatic N) is 2. The summed E-state index contributed by atoms with van der Waals surface area (Å²) in [6, 6.07) is 16.5. The third kappa shape index (κ3) is 3.58. The molecule has 1 N–H and O–H groups in total. The number of phenols is 1. The van der Waals surface area contributed by atoms with Gasteiger partial charge in [0.2, 0.25) is 12.0 Å². The van der Waals surface area contributed by atoms with E-state index in [1.807, 2.05) is 41.4 Å². The number of benzene rings is 3. The highest BCUT2D eigenvalue weighted by Gasteiger charge is 2.41. The molecule has 2 heterocycles. The number of para-hydroxylation sites is 1. The van der Waals surface area contributed by atoms with Gasteiger partial charge in [-0.05, 0) is 36.4 Å². The van der Waals surface area contributed by atoms with Gasteiger partial charge in [0, 0.05) is 28.1 Å². The van der Waals surface area contributed by atoms with Crippen molar-refractivity contribution in [3.05, 3.63) is 76.3 Å². The van der Waals surface area contributed by atoms with Crippen molar-refractivity contribution in [2.24, 2.45) is 5.10 Å². The van der Waals surface area contributed by atoms with Crippen molar-refractivity contribution in [1.29, 1.82) is 0 Å². The number of hydrazone groups is 1. The number of fused-ring (bicyclic) bond motifs is 3. The largest absolute Gasteiger partial charge is 0.507 e. The molecule has 2 aliphatic rings. The SMILES string of the molecule is COc1cc([C@@H]2Oc3ccccc3[C@@H]3CC(c4cc(Cl)ccc4O)=NN32)cc(OC)c1OC. The molecule has 2 atom stereocenters. The molecule has 3 aromatic carbocycles. The van der Waals surface area contributed by atoms with E-state index in [1.165, 1.54) is 0 Å². The zero-order valence-corrected chi connectivity index (χ0v) is 19.2. The summed E-state index contributed by atoms with van der Waals surface area (Å²) in [5, 5.41) is 17.8. The van der Waals surface area contributed by atoms with E-state index in [-0.39, 0.29) is 11.8 Å². The highest BCUT2D eigenvalue weighted by molar-refractivity contribution is 6.31. The summed E-state index contributed by atoms with van der Waals surface area (Å²) in [6.07, 6.45) is 0.0484. The molecule has 0 amide bonds. The number of ether oxygens (including phenoxy) is 4. The fourth-order valence-corrected chi connectivity index (χ4v) is 4.57. The average molecular weight is 467 g/mol. The van der Waals surface area contributed by atoms with E-state index in [4.69, 9.17) is 35.6 Å². The van der Waals surface area contributed by atoms with Crippen molar-refractivity contribution in [2.45, 2.75) is 18.7 Å². The van der Waals surface area contributed by atoms with Crippen LogP contribution in [-0.2, 0) is 0 Å². The van der Waals surface area contributed by atoms with Gasteiger partial charge in [-0.1, -0.05) is 29.8 Å². The highest BCUT2D eigenvalue weighted by atomic mass is 35.5. The van der Waals surface area contributed by atoms with Crippen molar-refractivity contribution >= 4 is 17.3 Å². The molecule has 5 rings (SSSR count). The minimum atomic E-state index is -0.544. The Bertz CT molecular complexity index is 1220. The fourth-order valence-electron chi connectivity index (χ4n) is 4.40. The lowest BCUT2D eigenvalue weighted by molar-refractivity contribution is -0.0192. The molecule has 3 aromatic rings. The molecule has 33 heavy (non-hydrogen) atoms. The molecular weight excluding hydrogens is 444 g/mol. The van der Waals surface area contributed by atoms with Gasteiger partial charge in [-0.2, -0.15) is 5.10 Å². The first-order valence-corrected chi connectivity index (χ1v) is 10.8. The van der Waals surface area contributed by atoms with Crippen LogP contribution in [0, 0.1) is 0 Å². The zero-order chi connectivity index (χ0) is 23.1. The summed E-state index contributed by atoms with van der Waals surface area (Å²) >= 11 is 6.21. The Kier molecular flexibility index (Phi) is 5.42. The van der Waals surface area contributed by atoms with Crippen molar-refractivity contribution in [3.63, 3.8) is 0 Å². The van der Waals surface area contributed by atoms with E-state index < -0.39 is 6.23 Å². The van der Waals surface area contributed by atoms with Gasteiger partial charge in [-0.15, -0.1) is 0 Å². The van der Waals surface area contributed by atoms with Gasteiger partial charge in [0.25, 0.3) is 0 Å². The van der Waals surface area contributed by atoms with Crippen LogP contribution in [0.5, 0.6) is 28.7 Å². The van der Waals surface area contributed by atoms with Crippen LogP contribution in [0.25, 0.3) is 0 Å². The summed E-state index contributed by atoms with van der Waals surface area (Å²) in [7, 11) is 4.72. The molecule has 170 valence electrons. The Balaban J connectivity index is 1.64. The fraction of sp³-hybridized carbons (Fsp3) is 0.240. The van der Waals surface area contributed by atoms with Crippen molar-refractivity contribution < 1.29 is 24.1 Å². The Labute approximate surface area is 196 Å². The van der Waals surface area contributed by atoms with Crippen LogP contribution in [0.3, 0.4) is 0 Å². The van der Waals surface area contributed by atoms with Gasteiger partial charge in [0.05, 0.1) is 33.1 Å². The van der Waals surface area contributed by atoms with Crippen LogP contribution in [0.4, 0.5) is 0 Å². The molecule has 8 heteroatoms. The zero-order valence-electron chi connectivity index (χ0n) is 18.4. The van der Waals surface area contributed by atoms with E-state index in [0.29, 0.717) is 34.3 Å². The number of aromatic hydroxyl groups is 1. The van der Waals surface area contributed by atoms with E-state index in [1.54, 1.807) is 39.5 Å². The molecule has 0 bridgehead atoms. The predicted molar refractivity (Wildman–Crippen MR) is 125 cm³/mol. The lowest BCUT2D eigenvalue weighted by Crippen LogP contribution is -2.33. The number of hydrogen-bond donors (Lipinski definition) is 1. The van der Waals surface area contributed by atoms with E-state index >= 15 is 0 Å². The van der Waals surface area contributed by atoms with Crippen LogP contribution in [0.15, 0.2) is 59.7 Å². The Morgan fingerprint density at radius 3 is 2.42 bits per heavy atom. The monoisotopic (exact) mass is 466 g/mol. The first-order valence-electron chi connectivity index (χ1n) is 10.4. The molecule has 0 unspecified atom stereocenters. The van der Waals surface area contributed by atoms with Crippen LogP contribution in [0.1, 0.15) is 35.4 Å². The minimum absolute atomic E-state index is 0.0765. The molecule has 2 aliphatic heterocycles. The van der Waals surface area contributed by atoms with Crippen LogP contribution in [0.2, 0.25) is 5.02 Å². The number of phenolic OH excluding ortho intramolecular Hbond substituents is 1. The lowest BCUT2D eigenvalue weighted by Gasteiger charge is -2.38. The maximum absolute atomic E-state index is 10.5. The van der Waals surface area contributed by atoms with Crippen LogP contribution < -0.4 is 18.9 Å². The van der Waals surface area contributed by atoms with Crippen LogP contribution in [-0.4, -0.2) is 37.2 Å². The quantitative estimate of drug-likeness (QED) is 0.549. The Morgan fingerprint density at radius 1 is 1.00 bits per heavy atom. The third-order valence-corrected chi connectivity index (χ3v) is 6.18. The second-order valence-electron chi connectivity index (χ2n) is 7.77. The standard InChI is InChI=1S/C25H23ClN2O5/c1-30-22-10-14(11-23(31-2)24(22)32-3)25-28-19(16-6-4-5-7-21(16)33-25)13-18(27-28)17-12-15(26)8-9-20(17)29/h4-12,19,25,29H,13H2,1-3H3/t19-,25-/m0/s1. The summed E-state index contributed by atoms with van der Waals surface area (Å²) in [6.45, 7) is 0. The van der Waals surface area contributed by atoms with Crippen molar-refractivity contribution in [3.8, 4) is 28.7 Å². The second-order valence-corrected chi connectivity index (χ2v) is 8.21. The number of hydrogen-bond acceptors (Lipinski definition) is 7. The highest BCUT2D eigenvalue weighted by Crippen LogP contribution is 2.50. The molecule has 7 nitrogen and oxygen atoms in total. The van der Waals surface area contributed by atoms with Crippen molar-refractivity contribution in [2.75, 3.05) is 21.3 Å². The normalized spacial score (nSPS) is 18.7.